The van der Waals surface area contributed by atoms with Crippen LogP contribution in [0.15, 0.2) is 58.7 Å². The highest BCUT2D eigenvalue weighted by atomic mass is 32.2. The number of thioether (sulfide) groups is 2. The van der Waals surface area contributed by atoms with E-state index in [1.54, 1.807) is 24.3 Å². The van der Waals surface area contributed by atoms with Crippen LogP contribution in [0, 0.1) is 0 Å². The summed E-state index contributed by atoms with van der Waals surface area (Å²) in [6.07, 6.45) is 3.12. The van der Waals surface area contributed by atoms with Crippen molar-refractivity contribution < 1.29 is 23.9 Å². The van der Waals surface area contributed by atoms with E-state index in [-0.39, 0.29) is 42.7 Å². The van der Waals surface area contributed by atoms with Gasteiger partial charge in [-0.1, -0.05) is 36.0 Å². The second kappa shape index (κ2) is 9.74. The number of nitrogens with one attached hydrogen (secondary N) is 1. The number of imide groups is 1. The summed E-state index contributed by atoms with van der Waals surface area (Å²) in [5.74, 6) is 0.808. The van der Waals surface area contributed by atoms with Gasteiger partial charge in [-0.2, -0.15) is 0 Å². The number of rotatable bonds is 7. The molecule has 0 saturated carbocycles. The fraction of sp³-hybridized carbons (Fsp3) is 0.174. The summed E-state index contributed by atoms with van der Waals surface area (Å²) in [5, 5.41) is 3.99. The number of hydrogen-bond donors (Lipinski definition) is 1. The second-order valence-corrected chi connectivity index (χ2v) is 9.24. The van der Waals surface area contributed by atoms with Gasteiger partial charge in [0.15, 0.2) is 11.5 Å². The van der Waals surface area contributed by atoms with Crippen molar-refractivity contribution in [2.45, 2.75) is 5.03 Å². The van der Waals surface area contributed by atoms with Crippen molar-refractivity contribution in [2.24, 2.45) is 0 Å². The molecule has 5 rings (SSSR count). The Morgan fingerprint density at radius 1 is 1.15 bits per heavy atom. The average molecular weight is 495 g/mol. The molecule has 3 aromatic rings. The first-order valence-electron chi connectivity index (χ1n) is 10.3. The van der Waals surface area contributed by atoms with Gasteiger partial charge in [-0.25, -0.2) is 9.97 Å². The van der Waals surface area contributed by atoms with E-state index >= 15 is 0 Å². The number of carbonyl (C=O) groups is 3. The minimum Gasteiger partial charge on any atom is -0.454 e. The molecule has 2 aromatic carbocycles. The van der Waals surface area contributed by atoms with Crippen LogP contribution in [0.3, 0.4) is 0 Å². The molecule has 1 N–H and O–H groups in total. The standard InChI is InChI=1S/C23H18N4O5S2/c28-20(11-33-21-15-3-1-2-4-16(15)25-12-26-21)24-7-8-27-22(29)19(34-23(27)30)10-14-5-6-17-18(9-14)32-13-31-17/h1-6,9-10,12H,7-8,11,13H2,(H,24,28)/b19-10-. The van der Waals surface area contributed by atoms with Gasteiger partial charge in [0.25, 0.3) is 11.1 Å². The largest absolute Gasteiger partial charge is 0.454 e. The number of fused-ring (bicyclic) bond motifs is 2. The smallest absolute Gasteiger partial charge is 0.293 e. The molecular formula is C23H18N4O5S2. The van der Waals surface area contributed by atoms with Gasteiger partial charge >= 0.3 is 0 Å². The van der Waals surface area contributed by atoms with Gasteiger partial charge in [-0.15, -0.1) is 0 Å². The predicted molar refractivity (Wildman–Crippen MR) is 129 cm³/mol. The van der Waals surface area contributed by atoms with Crippen molar-refractivity contribution in [1.82, 2.24) is 20.2 Å². The molecule has 1 saturated heterocycles. The molecule has 2 aliphatic rings. The molecule has 3 amide bonds. The number of para-hydroxylation sites is 1. The van der Waals surface area contributed by atoms with E-state index in [4.69, 9.17) is 9.47 Å². The lowest BCUT2D eigenvalue weighted by molar-refractivity contribution is -0.123. The maximum Gasteiger partial charge on any atom is 0.293 e. The van der Waals surface area contributed by atoms with Crippen LogP contribution in [0.25, 0.3) is 17.0 Å². The zero-order valence-corrected chi connectivity index (χ0v) is 19.4. The third kappa shape index (κ3) is 4.70. The van der Waals surface area contributed by atoms with Crippen molar-refractivity contribution in [1.29, 1.82) is 0 Å². The monoisotopic (exact) mass is 494 g/mol. The minimum atomic E-state index is -0.385. The van der Waals surface area contributed by atoms with E-state index in [0.717, 1.165) is 38.2 Å². The SMILES string of the molecule is O=C(CSc1ncnc2ccccc12)NCCN1C(=O)S/C(=C\c2ccc3c(c2)OCO3)C1=O. The Labute approximate surface area is 202 Å². The summed E-state index contributed by atoms with van der Waals surface area (Å²) in [7, 11) is 0. The van der Waals surface area contributed by atoms with Crippen LogP contribution in [-0.2, 0) is 9.59 Å². The highest BCUT2D eigenvalue weighted by molar-refractivity contribution is 8.18. The third-order valence-electron chi connectivity index (χ3n) is 5.07. The van der Waals surface area contributed by atoms with Gasteiger partial charge in [0, 0.05) is 18.5 Å². The van der Waals surface area contributed by atoms with E-state index in [2.05, 4.69) is 15.3 Å². The first kappa shape index (κ1) is 22.2. The Kier molecular flexibility index (Phi) is 6.37. The van der Waals surface area contributed by atoms with Gasteiger partial charge < -0.3 is 14.8 Å². The van der Waals surface area contributed by atoms with Crippen LogP contribution in [0.1, 0.15) is 5.56 Å². The number of nitrogens with zero attached hydrogens (tertiary/aromatic N) is 3. The summed E-state index contributed by atoms with van der Waals surface area (Å²) in [4.78, 5) is 47.2. The molecule has 0 unspecified atom stereocenters. The number of ether oxygens (including phenoxy) is 2. The van der Waals surface area contributed by atoms with Crippen LogP contribution in [0.2, 0.25) is 0 Å². The summed E-state index contributed by atoms with van der Waals surface area (Å²) < 4.78 is 10.6. The van der Waals surface area contributed by atoms with Crippen LogP contribution >= 0.6 is 23.5 Å². The van der Waals surface area contributed by atoms with Crippen LogP contribution in [-0.4, -0.2) is 57.6 Å². The lowest BCUT2D eigenvalue weighted by Gasteiger charge is -2.13. The maximum absolute atomic E-state index is 12.7. The minimum absolute atomic E-state index is 0.0932. The van der Waals surface area contributed by atoms with Gasteiger partial charge in [0.1, 0.15) is 11.4 Å². The molecule has 0 bridgehead atoms. The lowest BCUT2D eigenvalue weighted by Crippen LogP contribution is -2.37. The highest BCUT2D eigenvalue weighted by Gasteiger charge is 2.34. The first-order valence-corrected chi connectivity index (χ1v) is 12.1. The summed E-state index contributed by atoms with van der Waals surface area (Å²) in [6, 6.07) is 12.9. The molecule has 172 valence electrons. The van der Waals surface area contributed by atoms with Crippen molar-refractivity contribution in [3.8, 4) is 11.5 Å². The number of hydrogen-bond acceptors (Lipinski definition) is 9. The van der Waals surface area contributed by atoms with E-state index < -0.39 is 0 Å². The molecule has 0 radical (unpaired) electrons. The fourth-order valence-electron chi connectivity index (χ4n) is 3.43. The molecule has 3 heterocycles. The Balaban J connectivity index is 1.13. The summed E-state index contributed by atoms with van der Waals surface area (Å²) in [5.41, 5.74) is 1.55. The second-order valence-electron chi connectivity index (χ2n) is 7.28. The quantitative estimate of drug-likeness (QED) is 0.300. The number of amides is 3. The average Bonchev–Trinajstić information content (AvgIpc) is 3.42. The number of carbonyl (C=O) groups excluding carboxylic acids is 3. The lowest BCUT2D eigenvalue weighted by atomic mass is 10.2. The van der Waals surface area contributed by atoms with Gasteiger partial charge in [-0.05, 0) is 41.6 Å². The third-order valence-corrected chi connectivity index (χ3v) is 6.98. The molecule has 0 aliphatic carbocycles. The molecule has 0 spiro atoms. The summed E-state index contributed by atoms with van der Waals surface area (Å²) in [6.45, 7) is 0.421. The van der Waals surface area contributed by atoms with Crippen LogP contribution in [0.4, 0.5) is 4.79 Å². The molecule has 34 heavy (non-hydrogen) atoms. The number of benzene rings is 2. The normalized spacial score (nSPS) is 16.0. The van der Waals surface area contributed by atoms with Crippen LogP contribution in [0.5, 0.6) is 11.5 Å². The van der Waals surface area contributed by atoms with E-state index in [9.17, 15) is 14.4 Å². The molecule has 9 nitrogen and oxygen atoms in total. The molecule has 1 aromatic heterocycles. The van der Waals surface area contributed by atoms with Crippen molar-refractivity contribution in [3.05, 3.63) is 59.3 Å². The fourth-order valence-corrected chi connectivity index (χ4v) is 5.12. The Morgan fingerprint density at radius 3 is 2.91 bits per heavy atom. The van der Waals surface area contributed by atoms with Gasteiger partial charge in [-0.3, -0.25) is 19.3 Å². The molecule has 0 atom stereocenters. The zero-order valence-electron chi connectivity index (χ0n) is 17.7. The molecule has 2 aliphatic heterocycles. The predicted octanol–water partition coefficient (Wildman–Crippen LogP) is 3.30. The van der Waals surface area contributed by atoms with E-state index in [1.165, 1.54) is 18.1 Å². The van der Waals surface area contributed by atoms with E-state index in [0.29, 0.717) is 16.4 Å². The molecule has 11 heteroatoms. The van der Waals surface area contributed by atoms with Crippen molar-refractivity contribution in [3.63, 3.8) is 0 Å². The molecular weight excluding hydrogens is 476 g/mol. The van der Waals surface area contributed by atoms with E-state index in [1.807, 2.05) is 24.3 Å². The highest BCUT2D eigenvalue weighted by Crippen LogP contribution is 2.36. The topological polar surface area (TPSA) is 111 Å². The van der Waals surface area contributed by atoms with Gasteiger partial charge in [0.05, 0.1) is 16.2 Å². The Bertz CT molecular complexity index is 1320. The maximum atomic E-state index is 12.7. The van der Waals surface area contributed by atoms with Crippen molar-refractivity contribution in [2.75, 3.05) is 25.6 Å². The van der Waals surface area contributed by atoms with Crippen molar-refractivity contribution >= 4 is 57.6 Å². The molecule has 1 fully saturated rings. The first-order chi connectivity index (χ1) is 16.6. The Hall–Kier alpha value is -3.57. The number of aromatic nitrogens is 2. The summed E-state index contributed by atoms with van der Waals surface area (Å²) >= 11 is 2.18. The Morgan fingerprint density at radius 2 is 2.00 bits per heavy atom. The van der Waals surface area contributed by atoms with Crippen LogP contribution < -0.4 is 14.8 Å². The zero-order chi connectivity index (χ0) is 23.5. The van der Waals surface area contributed by atoms with Gasteiger partial charge in [0.2, 0.25) is 12.7 Å².